The van der Waals surface area contributed by atoms with E-state index in [0.29, 0.717) is 16.6 Å². The lowest BCUT2D eigenvalue weighted by molar-refractivity contribution is -0.132. The molecule has 0 radical (unpaired) electrons. The average Bonchev–Trinajstić information content (AvgIpc) is 3.37. The number of aryl methyl sites for hydroxylation is 1. The van der Waals surface area contributed by atoms with E-state index in [9.17, 15) is 19.1 Å². The number of carbonyl (C=O) groups is 2. The number of halogens is 1. The molecule has 1 atom stereocenters. The van der Waals surface area contributed by atoms with Crippen molar-refractivity contribution in [3.8, 4) is 0 Å². The van der Waals surface area contributed by atoms with Crippen LogP contribution in [0.4, 0.5) is 9.52 Å². The van der Waals surface area contributed by atoms with E-state index in [0.717, 1.165) is 21.3 Å². The number of carbonyl (C=O) groups excluding carboxylic acids is 2. The van der Waals surface area contributed by atoms with Crippen LogP contribution in [-0.2, 0) is 9.59 Å². The van der Waals surface area contributed by atoms with Crippen molar-refractivity contribution in [1.82, 2.24) is 4.98 Å². The van der Waals surface area contributed by atoms with Crippen LogP contribution in [0.2, 0.25) is 0 Å². The summed E-state index contributed by atoms with van der Waals surface area (Å²) in [5.41, 5.74) is 3.78. The second-order valence-corrected chi connectivity index (χ2v) is 9.97. The first kappa shape index (κ1) is 22.9. The molecule has 1 unspecified atom stereocenters. The molecule has 1 aliphatic rings. The summed E-state index contributed by atoms with van der Waals surface area (Å²) in [4.78, 5) is 32.6. The Kier molecular flexibility index (Phi) is 5.73. The van der Waals surface area contributed by atoms with Crippen molar-refractivity contribution in [3.05, 3.63) is 100 Å². The number of Topliss-reactive ketones (excluding diaryl/α,β-unsaturated/α-hetero) is 1. The summed E-state index contributed by atoms with van der Waals surface area (Å²) in [5.74, 6) is -2.07. The molecular formula is C28H23FN2O3S. The van der Waals surface area contributed by atoms with Crippen LogP contribution in [0.5, 0.6) is 0 Å². The van der Waals surface area contributed by atoms with Crippen LogP contribution >= 0.6 is 11.3 Å². The molecule has 1 saturated heterocycles. The molecule has 1 N–H and O–H groups in total. The number of rotatable bonds is 4. The first-order chi connectivity index (χ1) is 16.7. The third-order valence-electron chi connectivity index (χ3n) is 6.22. The number of aliphatic hydroxyl groups is 1. The van der Waals surface area contributed by atoms with Gasteiger partial charge in [0.15, 0.2) is 5.13 Å². The summed E-state index contributed by atoms with van der Waals surface area (Å²) in [5, 5.41) is 11.5. The van der Waals surface area contributed by atoms with Crippen LogP contribution in [0.1, 0.15) is 48.1 Å². The minimum absolute atomic E-state index is 0.0469. The Morgan fingerprint density at radius 3 is 2.37 bits per heavy atom. The topological polar surface area (TPSA) is 70.5 Å². The second-order valence-electron chi connectivity index (χ2n) is 8.96. The lowest BCUT2D eigenvalue weighted by atomic mass is 9.93. The maximum atomic E-state index is 13.5. The zero-order valence-corrected chi connectivity index (χ0v) is 20.3. The molecular weight excluding hydrogens is 463 g/mol. The Bertz CT molecular complexity index is 1490. The quantitative estimate of drug-likeness (QED) is 0.203. The summed E-state index contributed by atoms with van der Waals surface area (Å²) in [6.45, 7) is 6.14. The van der Waals surface area contributed by atoms with Crippen LogP contribution in [-0.4, -0.2) is 21.8 Å². The van der Waals surface area contributed by atoms with Gasteiger partial charge in [-0.05, 0) is 65.9 Å². The van der Waals surface area contributed by atoms with Crippen molar-refractivity contribution >= 4 is 44.1 Å². The minimum Gasteiger partial charge on any atom is -0.507 e. The molecule has 1 aromatic heterocycles. The van der Waals surface area contributed by atoms with Crippen molar-refractivity contribution in [2.45, 2.75) is 32.7 Å². The smallest absolute Gasteiger partial charge is 0.301 e. The molecule has 4 aromatic rings. The summed E-state index contributed by atoms with van der Waals surface area (Å²) in [6.07, 6.45) is 0. The van der Waals surface area contributed by atoms with E-state index < -0.39 is 23.5 Å². The van der Waals surface area contributed by atoms with Gasteiger partial charge in [0.05, 0.1) is 21.8 Å². The lowest BCUT2D eigenvalue weighted by Gasteiger charge is -2.23. The van der Waals surface area contributed by atoms with Crippen LogP contribution in [0.3, 0.4) is 0 Å². The largest absolute Gasteiger partial charge is 0.507 e. The van der Waals surface area contributed by atoms with Gasteiger partial charge >= 0.3 is 5.91 Å². The third kappa shape index (κ3) is 4.02. The molecule has 2 heterocycles. The molecule has 1 aliphatic heterocycles. The Morgan fingerprint density at radius 1 is 1.03 bits per heavy atom. The highest BCUT2D eigenvalue weighted by atomic mass is 32.1. The minimum atomic E-state index is -0.872. The number of benzene rings is 3. The molecule has 176 valence electrons. The molecule has 1 amide bonds. The molecule has 1 fully saturated rings. The lowest BCUT2D eigenvalue weighted by Crippen LogP contribution is -2.29. The molecule has 3 aromatic carbocycles. The first-order valence-corrected chi connectivity index (χ1v) is 12.1. The van der Waals surface area contributed by atoms with Gasteiger partial charge in [0, 0.05) is 5.56 Å². The van der Waals surface area contributed by atoms with Gasteiger partial charge in [-0.25, -0.2) is 9.37 Å². The highest BCUT2D eigenvalue weighted by Crippen LogP contribution is 2.44. The predicted octanol–water partition coefficient (Wildman–Crippen LogP) is 6.49. The predicted molar refractivity (Wildman–Crippen MR) is 136 cm³/mol. The maximum Gasteiger partial charge on any atom is 0.301 e. The number of hydrogen-bond donors (Lipinski definition) is 1. The van der Waals surface area contributed by atoms with Gasteiger partial charge in [-0.3, -0.25) is 14.5 Å². The van der Waals surface area contributed by atoms with E-state index >= 15 is 0 Å². The van der Waals surface area contributed by atoms with Crippen LogP contribution in [0.25, 0.3) is 16.0 Å². The Morgan fingerprint density at radius 2 is 1.71 bits per heavy atom. The number of aliphatic hydroxyl groups excluding tert-OH is 1. The number of amides is 1. The maximum absolute atomic E-state index is 13.5. The number of hydrogen-bond acceptors (Lipinski definition) is 5. The monoisotopic (exact) mass is 486 g/mol. The molecule has 0 aliphatic carbocycles. The van der Waals surface area contributed by atoms with Gasteiger partial charge in [0.2, 0.25) is 0 Å². The van der Waals surface area contributed by atoms with Crippen LogP contribution < -0.4 is 4.90 Å². The fourth-order valence-electron chi connectivity index (χ4n) is 4.29. The molecule has 0 bridgehead atoms. The zero-order chi connectivity index (χ0) is 24.9. The standard InChI is InChI=1S/C28H23FN2O3S/c1-15(2)17-5-7-18(8-6-17)24-23(25(32)19-9-11-20(29)12-10-19)26(33)27(34)31(24)28-30-21-13-4-16(3)14-22(21)35-28/h4-15,24,32H,1-3H3/b25-23+. The molecule has 0 spiro atoms. The van der Waals surface area contributed by atoms with Gasteiger partial charge in [-0.2, -0.15) is 0 Å². The highest BCUT2D eigenvalue weighted by molar-refractivity contribution is 7.22. The fraction of sp³-hybridized carbons (Fsp3) is 0.179. The van der Waals surface area contributed by atoms with Crippen molar-refractivity contribution in [2.24, 2.45) is 0 Å². The highest BCUT2D eigenvalue weighted by Gasteiger charge is 2.48. The summed E-state index contributed by atoms with van der Waals surface area (Å²) in [6, 6.07) is 17.8. The Balaban J connectivity index is 1.71. The summed E-state index contributed by atoms with van der Waals surface area (Å²) < 4.78 is 14.4. The normalized spacial score (nSPS) is 17.6. The van der Waals surface area contributed by atoms with E-state index in [1.54, 1.807) is 0 Å². The molecule has 5 nitrogen and oxygen atoms in total. The number of fused-ring (bicyclic) bond motifs is 1. The molecule has 5 rings (SSSR count). The number of anilines is 1. The van der Waals surface area contributed by atoms with Crippen molar-refractivity contribution < 1.29 is 19.1 Å². The van der Waals surface area contributed by atoms with Gasteiger partial charge in [0.1, 0.15) is 11.6 Å². The summed E-state index contributed by atoms with van der Waals surface area (Å²) >= 11 is 1.32. The van der Waals surface area contributed by atoms with Crippen molar-refractivity contribution in [1.29, 1.82) is 0 Å². The fourth-order valence-corrected chi connectivity index (χ4v) is 5.38. The molecule has 0 saturated carbocycles. The van der Waals surface area contributed by atoms with Crippen molar-refractivity contribution in [2.75, 3.05) is 4.90 Å². The summed E-state index contributed by atoms with van der Waals surface area (Å²) in [7, 11) is 0. The SMILES string of the molecule is Cc1ccc2nc(N3C(=O)C(=O)/C(=C(/O)c4ccc(F)cc4)C3c3ccc(C(C)C)cc3)sc2c1. The van der Waals surface area contributed by atoms with E-state index in [1.807, 2.05) is 49.4 Å². The Labute approximate surface area is 206 Å². The van der Waals surface area contributed by atoms with Gasteiger partial charge in [0.25, 0.3) is 5.78 Å². The van der Waals surface area contributed by atoms with Gasteiger partial charge in [-0.15, -0.1) is 0 Å². The first-order valence-electron chi connectivity index (χ1n) is 11.3. The van der Waals surface area contributed by atoms with E-state index in [1.165, 1.54) is 40.5 Å². The number of thiazole rings is 1. The molecule has 35 heavy (non-hydrogen) atoms. The van der Waals surface area contributed by atoms with Crippen LogP contribution in [0.15, 0.2) is 72.3 Å². The van der Waals surface area contributed by atoms with Crippen LogP contribution in [0, 0.1) is 12.7 Å². The van der Waals surface area contributed by atoms with Gasteiger partial charge < -0.3 is 5.11 Å². The van der Waals surface area contributed by atoms with E-state index in [4.69, 9.17) is 0 Å². The number of nitrogens with zero attached hydrogens (tertiary/aromatic N) is 2. The van der Waals surface area contributed by atoms with Crippen molar-refractivity contribution in [3.63, 3.8) is 0 Å². The van der Waals surface area contributed by atoms with Gasteiger partial charge in [-0.1, -0.05) is 55.5 Å². The number of ketones is 1. The molecule has 7 heteroatoms. The van der Waals surface area contributed by atoms with E-state index in [2.05, 4.69) is 18.8 Å². The second kappa shape index (κ2) is 8.74. The van der Waals surface area contributed by atoms with E-state index in [-0.39, 0.29) is 16.9 Å². The third-order valence-corrected chi connectivity index (χ3v) is 7.24. The number of aromatic nitrogens is 1. The average molecular weight is 487 g/mol. The zero-order valence-electron chi connectivity index (χ0n) is 19.4. The Hall–Kier alpha value is -3.84.